The average Bonchev–Trinajstić information content (AvgIpc) is 3.31. The molecule has 6 bridgehead atoms. The summed E-state index contributed by atoms with van der Waals surface area (Å²) in [5.41, 5.74) is 0. The standard InChI is InChI=1S/2C8H16N2.C7H14N2.2CH4.2CH3.W/c2*1-9-5-7-3-4-8(6-9)10(7)2;1-8-4-7-3-6(8)5-9(7)2;;;;;/h2*7-8H,3-6H2,1-2H3;6-7H,3-5H2,1-2H3;2*1H4;2*1H3;/q;;;;;2*-1;+2. The Balaban J connectivity index is 0. The maximum Gasteiger partial charge on any atom is 2.00 e. The van der Waals surface area contributed by atoms with E-state index in [4.69, 9.17) is 0 Å². The van der Waals surface area contributed by atoms with Crippen LogP contribution >= 0.6 is 0 Å². The van der Waals surface area contributed by atoms with E-state index in [0.29, 0.717) is 0 Å². The Morgan fingerprint density at radius 2 is 0.706 bits per heavy atom. The van der Waals surface area contributed by atoms with Crippen LogP contribution in [-0.2, 0) is 21.1 Å². The molecule has 0 spiro atoms. The minimum atomic E-state index is 0. The van der Waals surface area contributed by atoms with Gasteiger partial charge in [-0.25, -0.2) is 0 Å². The Hall–Kier alpha value is 0.448. The van der Waals surface area contributed by atoms with Gasteiger partial charge in [0.1, 0.15) is 0 Å². The summed E-state index contributed by atoms with van der Waals surface area (Å²) < 4.78 is 0. The van der Waals surface area contributed by atoms with Gasteiger partial charge in [0.05, 0.1) is 0 Å². The van der Waals surface area contributed by atoms with Gasteiger partial charge in [0.2, 0.25) is 0 Å². The summed E-state index contributed by atoms with van der Waals surface area (Å²) in [7, 11) is 13.5. The molecule has 204 valence electrons. The van der Waals surface area contributed by atoms with E-state index in [1.165, 1.54) is 71.4 Å². The summed E-state index contributed by atoms with van der Waals surface area (Å²) >= 11 is 0. The molecule has 6 nitrogen and oxygen atoms in total. The molecular formula is C27H60N6W. The second-order valence-corrected chi connectivity index (χ2v) is 11.0. The molecule has 6 unspecified atom stereocenters. The molecule has 6 saturated heterocycles. The molecule has 6 fully saturated rings. The van der Waals surface area contributed by atoms with E-state index in [1.54, 1.807) is 0 Å². The molecule has 6 aliphatic heterocycles. The molecule has 0 aromatic rings. The molecule has 0 radical (unpaired) electrons. The SMILES string of the molecule is C.C.CN1CC2CC1CN2C.CN1CC2CCC(C1)N2C.CN1CC2CCC(C1)N2C.[CH3-].[CH3-].[W+2]. The number of hydrogen-bond donors (Lipinski definition) is 0. The van der Waals surface area contributed by atoms with Crippen molar-refractivity contribution in [3.05, 3.63) is 14.9 Å². The summed E-state index contributed by atoms with van der Waals surface area (Å²) in [6.45, 7) is 7.72. The first-order valence-corrected chi connectivity index (χ1v) is 12.0. The van der Waals surface area contributed by atoms with Crippen LogP contribution in [0.5, 0.6) is 0 Å². The Morgan fingerprint density at radius 1 is 0.441 bits per heavy atom. The monoisotopic (exact) mass is 652 g/mol. The molecule has 0 saturated carbocycles. The molecule has 6 heterocycles. The molecule has 34 heavy (non-hydrogen) atoms. The zero-order valence-corrected chi connectivity index (χ0v) is 25.3. The predicted molar refractivity (Wildman–Crippen MR) is 148 cm³/mol. The van der Waals surface area contributed by atoms with E-state index in [0.717, 1.165) is 36.3 Å². The number of likely N-dealkylation sites (N-methyl/N-ethyl adjacent to an activating group) is 6. The molecule has 0 aliphatic carbocycles. The largest absolute Gasteiger partial charge is 2.00 e. The fourth-order valence-electron chi connectivity index (χ4n) is 6.71. The zero-order valence-electron chi connectivity index (χ0n) is 22.3. The van der Waals surface area contributed by atoms with Gasteiger partial charge in [0.25, 0.3) is 0 Å². The van der Waals surface area contributed by atoms with Gasteiger partial charge >= 0.3 is 21.1 Å². The summed E-state index contributed by atoms with van der Waals surface area (Å²) in [5.74, 6) is 0. The fraction of sp³-hybridized carbons (Fsp3) is 0.926. The van der Waals surface area contributed by atoms with Crippen LogP contribution in [0.4, 0.5) is 0 Å². The van der Waals surface area contributed by atoms with Gasteiger partial charge in [-0.05, 0) is 74.4 Å². The van der Waals surface area contributed by atoms with Crippen LogP contribution in [0, 0.1) is 14.9 Å². The van der Waals surface area contributed by atoms with Crippen molar-refractivity contribution in [2.45, 2.75) is 83.2 Å². The van der Waals surface area contributed by atoms with Crippen molar-refractivity contribution in [1.29, 1.82) is 0 Å². The van der Waals surface area contributed by atoms with Crippen LogP contribution in [-0.4, -0.2) is 147 Å². The normalized spacial score (nSPS) is 36.9. The molecule has 0 aromatic carbocycles. The minimum absolute atomic E-state index is 0. The molecule has 6 aliphatic rings. The van der Waals surface area contributed by atoms with Gasteiger partial charge in [-0.15, -0.1) is 0 Å². The Morgan fingerprint density at radius 3 is 0.912 bits per heavy atom. The summed E-state index contributed by atoms with van der Waals surface area (Å²) in [6.07, 6.45) is 7.10. The predicted octanol–water partition coefficient (Wildman–Crippen LogP) is 2.96. The van der Waals surface area contributed by atoms with Crippen molar-refractivity contribution in [3.63, 3.8) is 0 Å². The van der Waals surface area contributed by atoms with E-state index < -0.39 is 0 Å². The third kappa shape index (κ3) is 8.23. The van der Waals surface area contributed by atoms with E-state index in [1.807, 2.05) is 0 Å². The van der Waals surface area contributed by atoms with Crippen molar-refractivity contribution >= 4 is 0 Å². The number of hydrogen-bond acceptors (Lipinski definition) is 6. The van der Waals surface area contributed by atoms with Crippen LogP contribution in [0.15, 0.2) is 0 Å². The summed E-state index contributed by atoms with van der Waals surface area (Å²) in [4.78, 5) is 15.0. The quantitative estimate of drug-likeness (QED) is 0.373. The summed E-state index contributed by atoms with van der Waals surface area (Å²) in [6, 6.07) is 5.21. The molecule has 0 aromatic heterocycles. The van der Waals surface area contributed by atoms with E-state index in [2.05, 4.69) is 71.7 Å². The Bertz CT molecular complexity index is 473. The number of piperazine rings is 3. The van der Waals surface area contributed by atoms with Crippen LogP contribution < -0.4 is 0 Å². The molecule has 7 heteroatoms. The van der Waals surface area contributed by atoms with Crippen molar-refractivity contribution in [1.82, 2.24) is 29.4 Å². The van der Waals surface area contributed by atoms with Gasteiger partial charge in [-0.2, -0.15) is 0 Å². The van der Waals surface area contributed by atoms with Crippen molar-refractivity contribution in [2.75, 3.05) is 81.6 Å². The topological polar surface area (TPSA) is 19.4 Å². The van der Waals surface area contributed by atoms with Gasteiger partial charge < -0.3 is 34.5 Å². The maximum atomic E-state index is 2.56. The maximum absolute atomic E-state index is 2.56. The van der Waals surface area contributed by atoms with Gasteiger partial charge in [-0.3, -0.25) is 9.80 Å². The van der Waals surface area contributed by atoms with Crippen molar-refractivity contribution in [3.8, 4) is 0 Å². The van der Waals surface area contributed by atoms with Crippen LogP contribution in [0.2, 0.25) is 0 Å². The van der Waals surface area contributed by atoms with Gasteiger partial charge in [0, 0.05) is 75.5 Å². The second-order valence-electron chi connectivity index (χ2n) is 11.0. The number of likely N-dealkylation sites (tertiary alicyclic amines) is 4. The van der Waals surface area contributed by atoms with Crippen LogP contribution in [0.3, 0.4) is 0 Å². The molecule has 6 rings (SSSR count). The van der Waals surface area contributed by atoms with Crippen LogP contribution in [0.1, 0.15) is 47.0 Å². The molecule has 0 amide bonds. The Kier molecular flexibility index (Phi) is 16.8. The smallest absolute Gasteiger partial charge is 0.358 e. The number of fused-ring (bicyclic) bond motifs is 6. The third-order valence-electron chi connectivity index (χ3n) is 8.85. The number of nitrogens with zero attached hydrogens (tertiary/aromatic N) is 6. The second kappa shape index (κ2) is 15.6. The Labute approximate surface area is 229 Å². The first-order valence-electron chi connectivity index (χ1n) is 12.0. The first kappa shape index (κ1) is 36.6. The van der Waals surface area contributed by atoms with Crippen molar-refractivity contribution in [2.24, 2.45) is 0 Å². The zero-order chi connectivity index (χ0) is 20.7. The third-order valence-corrected chi connectivity index (χ3v) is 8.85. The van der Waals surface area contributed by atoms with Crippen molar-refractivity contribution < 1.29 is 21.1 Å². The molecule has 0 N–H and O–H groups in total. The molecular weight excluding hydrogens is 592 g/mol. The van der Waals surface area contributed by atoms with Gasteiger partial charge in [-0.1, -0.05) is 14.9 Å². The average molecular weight is 653 g/mol. The van der Waals surface area contributed by atoms with E-state index in [-0.39, 0.29) is 50.8 Å². The first-order chi connectivity index (χ1) is 13.8. The van der Waals surface area contributed by atoms with Gasteiger partial charge in [0.15, 0.2) is 0 Å². The van der Waals surface area contributed by atoms with Crippen LogP contribution in [0.25, 0.3) is 0 Å². The number of rotatable bonds is 0. The minimum Gasteiger partial charge on any atom is -0.358 e. The summed E-state index contributed by atoms with van der Waals surface area (Å²) in [5, 5.41) is 0. The van der Waals surface area contributed by atoms with E-state index >= 15 is 0 Å². The van der Waals surface area contributed by atoms with E-state index in [9.17, 15) is 0 Å². The molecule has 6 atom stereocenters. The fourth-order valence-corrected chi connectivity index (χ4v) is 6.71.